The molecule has 0 saturated heterocycles. The molecule has 0 aliphatic rings. The lowest BCUT2D eigenvalue weighted by atomic mass is 10.8. The first-order valence-electron chi connectivity index (χ1n) is 4.10. The largest absolute Gasteiger partial charge is 0.490 e. The summed E-state index contributed by atoms with van der Waals surface area (Å²) in [4.78, 5) is 0. The quantitative estimate of drug-likeness (QED) is 0.471. The number of halogens is 6. The molecule has 0 aliphatic heterocycles. The van der Waals surface area contributed by atoms with Crippen molar-refractivity contribution >= 4 is 9.53 Å². The summed E-state index contributed by atoms with van der Waals surface area (Å²) in [5.41, 5.74) is 0. The minimum absolute atomic E-state index is 1.60. The van der Waals surface area contributed by atoms with E-state index in [9.17, 15) is 26.3 Å². The van der Waals surface area contributed by atoms with E-state index < -0.39 is 48.6 Å². The van der Waals surface area contributed by atoms with E-state index in [-0.39, 0.29) is 0 Å². The van der Waals surface area contributed by atoms with Crippen molar-refractivity contribution in [1.29, 1.82) is 0 Å². The Kier molecular flexibility index (Phi) is 8.61. The van der Waals surface area contributed by atoms with Crippen molar-refractivity contribution < 1.29 is 39.6 Å². The van der Waals surface area contributed by atoms with Crippen molar-refractivity contribution in [3.63, 3.8) is 0 Å². The van der Waals surface area contributed by atoms with Crippen LogP contribution in [0.15, 0.2) is 0 Å². The van der Waals surface area contributed by atoms with Crippen LogP contribution < -0.4 is 0 Å². The normalized spacial score (nSPS) is 19.1. The highest BCUT2D eigenvalue weighted by Crippen LogP contribution is 2.09. The Morgan fingerprint density at radius 3 is 1.12 bits per heavy atom. The molecule has 0 bridgehead atoms. The molecule has 0 aromatic heterocycles. The molecule has 16 heavy (non-hydrogen) atoms. The fourth-order valence-corrected chi connectivity index (χ4v) is 1.70. The number of hydrogen-bond acceptors (Lipinski definition) is 3. The summed E-state index contributed by atoms with van der Waals surface area (Å²) >= 11 is 0. The van der Waals surface area contributed by atoms with Gasteiger partial charge in [-0.1, -0.05) is 0 Å². The van der Waals surface area contributed by atoms with Gasteiger partial charge in [0, 0.05) is 0 Å². The molecule has 10 heteroatoms. The highest BCUT2D eigenvalue weighted by molar-refractivity contribution is 6.36. The zero-order valence-electron chi connectivity index (χ0n) is 7.92. The Balaban J connectivity index is 4.15. The third-order valence-corrected chi connectivity index (χ3v) is 2.69. The topological polar surface area (TPSA) is 27.7 Å². The molecule has 0 aliphatic carbocycles. The first kappa shape index (κ1) is 15.7. The summed E-state index contributed by atoms with van der Waals surface area (Å²) in [6, 6.07) is 0. The second kappa shape index (κ2) is 8.79. The van der Waals surface area contributed by atoms with Crippen LogP contribution in [0.25, 0.3) is 0 Å². The van der Waals surface area contributed by atoms with Gasteiger partial charge >= 0.3 is 9.53 Å². The molecule has 3 nitrogen and oxygen atoms in total. The molecule has 0 fully saturated rings. The van der Waals surface area contributed by atoms with Gasteiger partial charge in [-0.3, -0.25) is 0 Å². The van der Waals surface area contributed by atoms with Crippen LogP contribution in [-0.2, 0) is 13.3 Å². The minimum atomic E-state index is -3.81. The molecule has 0 N–H and O–H groups in total. The molecule has 0 aromatic rings. The average molecular weight is 272 g/mol. The van der Waals surface area contributed by atoms with Crippen molar-refractivity contribution in [1.82, 2.24) is 0 Å². The van der Waals surface area contributed by atoms with Gasteiger partial charge in [0.1, 0.15) is 20.0 Å². The number of rotatable bonds is 9. The molecule has 0 aromatic carbocycles. The maximum Gasteiger partial charge on any atom is 0.490 e. The van der Waals surface area contributed by atoms with E-state index in [1.807, 2.05) is 0 Å². The fraction of sp³-hybridized carbons (Fsp3) is 1.00. The van der Waals surface area contributed by atoms with Crippen LogP contribution in [0.3, 0.4) is 0 Å². The molecule has 0 amide bonds. The smallest absolute Gasteiger partial charge is 0.342 e. The molecule has 0 heterocycles. The van der Waals surface area contributed by atoms with Gasteiger partial charge in [0.05, 0.1) is 0 Å². The van der Waals surface area contributed by atoms with Gasteiger partial charge < -0.3 is 13.3 Å². The Labute approximate surface area is 89.2 Å². The maximum absolute atomic E-state index is 12.3. The molecular formula is C6H10F6O3Si. The van der Waals surface area contributed by atoms with Crippen LogP contribution in [0, 0.1) is 0 Å². The van der Waals surface area contributed by atoms with Crippen molar-refractivity contribution in [3.8, 4) is 0 Å². The Bertz CT molecular complexity index is 150. The van der Waals surface area contributed by atoms with Crippen LogP contribution in [0.4, 0.5) is 26.3 Å². The van der Waals surface area contributed by atoms with Gasteiger partial charge in [-0.2, -0.15) is 0 Å². The Morgan fingerprint density at radius 1 is 0.688 bits per heavy atom. The van der Waals surface area contributed by atoms with Crippen LogP contribution in [0.5, 0.6) is 0 Å². The lowest BCUT2D eigenvalue weighted by molar-refractivity contribution is -0.0933. The van der Waals surface area contributed by atoms with Crippen molar-refractivity contribution in [3.05, 3.63) is 0 Å². The number of alkyl halides is 6. The molecule has 0 saturated carbocycles. The minimum Gasteiger partial charge on any atom is -0.342 e. The second-order valence-electron chi connectivity index (χ2n) is 2.39. The summed E-state index contributed by atoms with van der Waals surface area (Å²) < 4.78 is 83.9. The van der Waals surface area contributed by atoms with E-state index in [0.29, 0.717) is 0 Å². The highest BCUT2D eigenvalue weighted by Gasteiger charge is 2.28. The second-order valence-corrected chi connectivity index (χ2v) is 3.78. The Morgan fingerprint density at radius 2 is 0.938 bits per heavy atom. The average Bonchev–Trinajstić information content (AvgIpc) is 2.28. The van der Waals surface area contributed by atoms with E-state index in [1.165, 1.54) is 0 Å². The third kappa shape index (κ3) is 7.03. The monoisotopic (exact) mass is 272 g/mol. The summed E-state index contributed by atoms with van der Waals surface area (Å²) in [5, 5.41) is 0. The Hall–Kier alpha value is -0.323. The van der Waals surface area contributed by atoms with Crippen LogP contribution in [0.1, 0.15) is 0 Å². The van der Waals surface area contributed by atoms with Gasteiger partial charge in [-0.25, -0.2) is 26.3 Å². The molecule has 3 unspecified atom stereocenters. The van der Waals surface area contributed by atoms with Gasteiger partial charge in [0.25, 0.3) is 0 Å². The predicted molar refractivity (Wildman–Crippen MR) is 43.0 cm³/mol. The van der Waals surface area contributed by atoms with Crippen molar-refractivity contribution in [2.24, 2.45) is 0 Å². The van der Waals surface area contributed by atoms with Crippen LogP contribution in [0.2, 0.25) is 0 Å². The van der Waals surface area contributed by atoms with E-state index in [1.54, 1.807) is 0 Å². The van der Waals surface area contributed by atoms with Crippen molar-refractivity contribution in [2.75, 3.05) is 20.0 Å². The molecule has 98 valence electrons. The van der Waals surface area contributed by atoms with Crippen molar-refractivity contribution in [2.45, 2.75) is 19.1 Å². The highest BCUT2D eigenvalue weighted by atomic mass is 28.3. The summed E-state index contributed by atoms with van der Waals surface area (Å²) in [6.07, 6.45) is -7.55. The van der Waals surface area contributed by atoms with Crippen LogP contribution >= 0.6 is 0 Å². The van der Waals surface area contributed by atoms with E-state index in [2.05, 4.69) is 13.3 Å². The van der Waals surface area contributed by atoms with Gasteiger partial charge in [0.2, 0.25) is 19.1 Å². The van der Waals surface area contributed by atoms with E-state index in [4.69, 9.17) is 0 Å². The lowest BCUT2D eigenvalue weighted by Crippen LogP contribution is -2.37. The van der Waals surface area contributed by atoms with Gasteiger partial charge in [-0.15, -0.1) is 0 Å². The van der Waals surface area contributed by atoms with Gasteiger partial charge in [-0.05, 0) is 0 Å². The summed E-state index contributed by atoms with van der Waals surface area (Å²) in [6.45, 7) is -4.81. The first-order valence-corrected chi connectivity index (χ1v) is 5.51. The SMILES string of the molecule is FCC(F)O[SiH](OC(F)CF)OC(F)CF. The molecular weight excluding hydrogens is 262 g/mol. The molecule has 0 rings (SSSR count). The maximum atomic E-state index is 12.3. The summed E-state index contributed by atoms with van der Waals surface area (Å²) in [5.74, 6) is 0. The van der Waals surface area contributed by atoms with Gasteiger partial charge in [0.15, 0.2) is 0 Å². The molecule has 0 radical (unpaired) electrons. The first-order chi connectivity index (χ1) is 7.53. The van der Waals surface area contributed by atoms with Crippen LogP contribution in [-0.4, -0.2) is 48.6 Å². The number of hydrogen-bond donors (Lipinski definition) is 0. The predicted octanol–water partition coefficient (Wildman–Crippen LogP) is 1.55. The lowest BCUT2D eigenvalue weighted by Gasteiger charge is -2.19. The fourth-order valence-electron chi connectivity index (χ4n) is 0.567. The van der Waals surface area contributed by atoms with E-state index in [0.717, 1.165) is 0 Å². The van der Waals surface area contributed by atoms with E-state index >= 15 is 0 Å². The molecule has 0 spiro atoms. The molecule has 3 atom stereocenters. The third-order valence-electron chi connectivity index (χ3n) is 1.14. The zero-order valence-corrected chi connectivity index (χ0v) is 9.08. The zero-order chi connectivity index (χ0) is 12.6. The summed E-state index contributed by atoms with van der Waals surface area (Å²) in [7, 11) is -3.81. The standard InChI is InChI=1S/C6H10F6O3Si/c7-1-4(10)13-16(14-5(11)2-8)15-6(12)3-9/h4-6,16H,1-3H2.